The second-order valence-corrected chi connectivity index (χ2v) is 14.0. The van der Waals surface area contributed by atoms with Gasteiger partial charge in [-0.25, -0.2) is 0 Å². The van der Waals surface area contributed by atoms with Gasteiger partial charge in [0, 0.05) is 46.6 Å². The van der Waals surface area contributed by atoms with Crippen molar-refractivity contribution in [2.45, 2.75) is 19.5 Å². The molecule has 9 heterocycles. The third-order valence-electron chi connectivity index (χ3n) is 11.9. The van der Waals surface area contributed by atoms with Gasteiger partial charge in [-0.05, 0) is 79.7 Å². The Morgan fingerprint density at radius 3 is 2.18 bits per heavy atom. The highest BCUT2D eigenvalue weighted by atomic mass is 15.5. The summed E-state index contributed by atoms with van der Waals surface area (Å²) in [6.07, 6.45) is 6.76. The molecule has 3 aliphatic rings. The fraction of sp³-hybridized carbons (Fsp3) is 0.0698. The number of para-hydroxylation sites is 2. The van der Waals surface area contributed by atoms with Crippen LogP contribution in [0.2, 0.25) is 0 Å². The molecule has 1 spiro atoms. The normalized spacial score (nSPS) is 16.4. The number of nitrogens with zero attached hydrogens (tertiary/aromatic N) is 6. The highest BCUT2D eigenvalue weighted by molar-refractivity contribution is 6.13. The average molecular weight is 629 g/mol. The molecule has 0 aliphatic carbocycles. The average Bonchev–Trinajstić information content (AvgIpc) is 3.92. The summed E-state index contributed by atoms with van der Waals surface area (Å²) in [5, 5.41) is 5.12. The van der Waals surface area contributed by atoms with Crippen LogP contribution in [-0.2, 0) is 5.66 Å². The lowest BCUT2D eigenvalue weighted by Crippen LogP contribution is -2.77. The van der Waals surface area contributed by atoms with Crippen molar-refractivity contribution in [3.05, 3.63) is 156 Å². The van der Waals surface area contributed by atoms with E-state index in [0.29, 0.717) is 0 Å². The van der Waals surface area contributed by atoms with Crippen LogP contribution in [0.1, 0.15) is 22.5 Å². The third kappa shape index (κ3) is 2.44. The zero-order chi connectivity index (χ0) is 31.9. The molecule has 6 aromatic heterocycles. The van der Waals surface area contributed by atoms with Gasteiger partial charge in [0.25, 0.3) is 0 Å². The predicted molar refractivity (Wildman–Crippen MR) is 192 cm³/mol. The molecule has 0 radical (unpaired) electrons. The molecule has 228 valence electrons. The van der Waals surface area contributed by atoms with Crippen molar-refractivity contribution >= 4 is 49.3 Å². The molecule has 0 saturated carbocycles. The summed E-state index contributed by atoms with van der Waals surface area (Å²) in [5.74, 6) is 0. The number of rotatable bonds is 1. The van der Waals surface area contributed by atoms with Crippen LogP contribution in [-0.4, -0.2) is 18.2 Å². The van der Waals surface area contributed by atoms with E-state index in [1.54, 1.807) is 0 Å². The summed E-state index contributed by atoms with van der Waals surface area (Å²) in [5.41, 5.74) is 16.9. The van der Waals surface area contributed by atoms with Crippen molar-refractivity contribution in [1.29, 1.82) is 0 Å². The van der Waals surface area contributed by atoms with Gasteiger partial charge in [0.1, 0.15) is 22.3 Å². The van der Waals surface area contributed by atoms with E-state index in [-0.39, 0.29) is 0 Å². The zero-order valence-corrected chi connectivity index (χ0v) is 26.9. The van der Waals surface area contributed by atoms with Gasteiger partial charge in [-0.15, -0.1) is 4.68 Å². The summed E-state index contributed by atoms with van der Waals surface area (Å²) in [4.78, 5) is 0. The Bertz CT molecular complexity index is 3150. The van der Waals surface area contributed by atoms with Crippen molar-refractivity contribution < 1.29 is 9.25 Å². The second kappa shape index (κ2) is 7.83. The maximum Gasteiger partial charge on any atom is 0.394 e. The molecule has 6 nitrogen and oxygen atoms in total. The first-order chi connectivity index (χ1) is 24.2. The lowest BCUT2D eigenvalue weighted by atomic mass is 9.82. The van der Waals surface area contributed by atoms with Gasteiger partial charge in [0.2, 0.25) is 5.69 Å². The Labute approximate surface area is 280 Å². The van der Waals surface area contributed by atoms with Gasteiger partial charge in [-0.2, -0.15) is 9.13 Å². The molecule has 0 fully saturated rings. The lowest BCUT2D eigenvalue weighted by molar-refractivity contribution is -0.989. The minimum Gasteiger partial charge on any atom is -0.323 e. The van der Waals surface area contributed by atoms with Crippen LogP contribution in [0.3, 0.4) is 0 Å². The van der Waals surface area contributed by atoms with Crippen molar-refractivity contribution in [3.63, 3.8) is 0 Å². The van der Waals surface area contributed by atoms with Crippen LogP contribution < -0.4 is 9.25 Å². The first-order valence-electron chi connectivity index (χ1n) is 17.1. The van der Waals surface area contributed by atoms with Crippen molar-refractivity contribution in [1.82, 2.24) is 18.2 Å². The SMILES string of the molecule is Cc1c(-c2cc3ccccn3c2)c(C)[n+]2n1-c1ccc3c4ccccc4n4c3c1C21c2c-4cccc2-n2c3ccccc3c3ccc[n+]1c32. The fourth-order valence-corrected chi connectivity index (χ4v) is 10.3. The Hall–Kier alpha value is -6.40. The highest BCUT2D eigenvalue weighted by Crippen LogP contribution is 2.54. The Balaban J connectivity index is 1.32. The summed E-state index contributed by atoms with van der Waals surface area (Å²) in [6.45, 7) is 4.63. The maximum absolute atomic E-state index is 2.63. The van der Waals surface area contributed by atoms with Crippen LogP contribution in [0.4, 0.5) is 0 Å². The molecule has 0 N–H and O–H groups in total. The molecule has 3 aliphatic heterocycles. The first kappa shape index (κ1) is 24.7. The number of hydrogen-bond donors (Lipinski definition) is 0. The maximum atomic E-state index is 2.63. The number of aromatic nitrogens is 6. The lowest BCUT2D eigenvalue weighted by Gasteiger charge is -2.33. The van der Waals surface area contributed by atoms with Gasteiger partial charge >= 0.3 is 11.3 Å². The van der Waals surface area contributed by atoms with Crippen LogP contribution in [0.25, 0.3) is 77.4 Å². The molecule has 13 rings (SSSR count). The van der Waals surface area contributed by atoms with Crippen LogP contribution in [0.15, 0.2) is 134 Å². The van der Waals surface area contributed by atoms with E-state index < -0.39 is 5.66 Å². The van der Waals surface area contributed by atoms with Crippen molar-refractivity contribution in [2.24, 2.45) is 0 Å². The van der Waals surface area contributed by atoms with Crippen LogP contribution in [0.5, 0.6) is 0 Å². The largest absolute Gasteiger partial charge is 0.394 e. The third-order valence-corrected chi connectivity index (χ3v) is 11.9. The summed E-state index contributed by atoms with van der Waals surface area (Å²) in [7, 11) is 0. The summed E-state index contributed by atoms with van der Waals surface area (Å²) < 4.78 is 15.1. The molecule has 0 bridgehead atoms. The molecule has 0 amide bonds. The van der Waals surface area contributed by atoms with E-state index in [0.717, 1.165) is 0 Å². The number of hydrogen-bond acceptors (Lipinski definition) is 0. The fourth-order valence-electron chi connectivity index (χ4n) is 10.3. The number of pyridine rings is 2. The van der Waals surface area contributed by atoms with Gasteiger partial charge in [-0.3, -0.25) is 0 Å². The number of benzene rings is 4. The summed E-state index contributed by atoms with van der Waals surface area (Å²) in [6, 6.07) is 42.8. The Morgan fingerprint density at radius 1 is 0.612 bits per heavy atom. The summed E-state index contributed by atoms with van der Waals surface area (Å²) >= 11 is 0. The topological polar surface area (TPSA) is 27.0 Å². The smallest absolute Gasteiger partial charge is 0.323 e. The molecule has 10 aromatic rings. The highest BCUT2D eigenvalue weighted by Gasteiger charge is 2.69. The molecule has 4 aromatic carbocycles. The Kier molecular flexibility index (Phi) is 3.95. The quantitative estimate of drug-likeness (QED) is 0.165. The minimum atomic E-state index is -0.665. The monoisotopic (exact) mass is 628 g/mol. The van der Waals surface area contributed by atoms with E-state index in [2.05, 4.69) is 175 Å². The van der Waals surface area contributed by atoms with Crippen molar-refractivity contribution in [3.8, 4) is 28.2 Å². The van der Waals surface area contributed by atoms with Gasteiger partial charge in [-0.1, -0.05) is 47.1 Å². The standard InChI is InChI=1S/C43H28N6/c1-25-38(27-23-28-11-7-8-21-44(28)24-27)26(2)49-43-39-35(46-33-15-5-3-12-29(33)31-19-20-37(48(25)49)40(43)41(31)46)17-9-18-36(39)47-34-16-6-4-13-30(34)32-14-10-22-45(43)42(32)47/h3-24H,1-2H3/q+2. The van der Waals surface area contributed by atoms with Crippen molar-refractivity contribution in [2.75, 3.05) is 0 Å². The first-order valence-corrected chi connectivity index (χ1v) is 17.1. The zero-order valence-electron chi connectivity index (χ0n) is 26.9. The van der Waals surface area contributed by atoms with Gasteiger partial charge < -0.3 is 8.97 Å². The molecule has 49 heavy (non-hydrogen) atoms. The van der Waals surface area contributed by atoms with E-state index in [4.69, 9.17) is 0 Å². The van der Waals surface area contributed by atoms with E-state index in [9.17, 15) is 0 Å². The molecular weight excluding hydrogens is 601 g/mol. The number of fused-ring (bicyclic) bond motifs is 11. The Morgan fingerprint density at radius 2 is 1.35 bits per heavy atom. The van der Waals surface area contributed by atoms with E-state index in [1.165, 1.54) is 100.0 Å². The predicted octanol–water partition coefficient (Wildman–Crippen LogP) is 8.02. The molecule has 6 heteroatoms. The molecule has 0 saturated heterocycles. The van der Waals surface area contributed by atoms with E-state index >= 15 is 0 Å². The second-order valence-electron chi connectivity index (χ2n) is 14.0. The van der Waals surface area contributed by atoms with E-state index in [1.807, 2.05) is 0 Å². The molecular formula is C43H28N6+2. The van der Waals surface area contributed by atoms with Crippen LogP contribution >= 0.6 is 0 Å². The molecule has 1 atom stereocenters. The van der Waals surface area contributed by atoms with Crippen LogP contribution in [0, 0.1) is 13.8 Å². The van der Waals surface area contributed by atoms with Gasteiger partial charge in [0.15, 0.2) is 5.69 Å². The van der Waals surface area contributed by atoms with Gasteiger partial charge in [0.05, 0.1) is 39.6 Å². The minimum absolute atomic E-state index is 0.665. The molecule has 1 unspecified atom stereocenters.